The predicted octanol–water partition coefficient (Wildman–Crippen LogP) is 2.39. The minimum absolute atomic E-state index is 0.238. The molecular formula is C15H30N2O. The van der Waals surface area contributed by atoms with Gasteiger partial charge in [-0.3, -0.25) is 4.90 Å². The van der Waals surface area contributed by atoms with Crippen LogP contribution >= 0.6 is 0 Å². The maximum atomic E-state index is 6.16. The molecule has 3 unspecified atom stereocenters. The van der Waals surface area contributed by atoms with Gasteiger partial charge in [0.1, 0.15) is 0 Å². The maximum Gasteiger partial charge on any atom is 0.0589 e. The molecule has 2 N–H and O–H groups in total. The second kappa shape index (κ2) is 6.36. The molecule has 0 aromatic heterocycles. The van der Waals surface area contributed by atoms with E-state index in [-0.39, 0.29) is 5.54 Å². The Morgan fingerprint density at radius 3 is 2.89 bits per heavy atom. The summed E-state index contributed by atoms with van der Waals surface area (Å²) in [5.74, 6) is 0.904. The molecule has 0 aromatic rings. The van der Waals surface area contributed by atoms with Crippen LogP contribution in [0, 0.1) is 5.92 Å². The molecule has 2 fully saturated rings. The van der Waals surface area contributed by atoms with Crippen molar-refractivity contribution in [2.45, 2.75) is 63.5 Å². The Morgan fingerprint density at radius 2 is 2.22 bits per heavy atom. The summed E-state index contributed by atoms with van der Waals surface area (Å²) in [6.45, 7) is 5.61. The number of likely N-dealkylation sites (tertiary alicyclic amines) is 1. The first-order valence-electron chi connectivity index (χ1n) is 7.72. The van der Waals surface area contributed by atoms with Gasteiger partial charge >= 0.3 is 0 Å². The lowest BCUT2D eigenvalue weighted by Crippen LogP contribution is -2.56. The van der Waals surface area contributed by atoms with E-state index in [0.717, 1.165) is 18.9 Å². The highest BCUT2D eigenvalue weighted by molar-refractivity contribution is 4.99. The van der Waals surface area contributed by atoms with E-state index >= 15 is 0 Å². The molecule has 18 heavy (non-hydrogen) atoms. The van der Waals surface area contributed by atoms with Crippen molar-refractivity contribution in [2.24, 2.45) is 11.7 Å². The Kier molecular flexibility index (Phi) is 5.05. The number of hydrogen-bond acceptors (Lipinski definition) is 3. The van der Waals surface area contributed by atoms with Crippen LogP contribution in [0.4, 0.5) is 0 Å². The maximum absolute atomic E-state index is 6.16. The molecule has 1 saturated heterocycles. The van der Waals surface area contributed by atoms with E-state index in [9.17, 15) is 0 Å². The van der Waals surface area contributed by atoms with Crippen LogP contribution in [0.5, 0.6) is 0 Å². The molecule has 0 radical (unpaired) electrons. The van der Waals surface area contributed by atoms with Gasteiger partial charge in [0.25, 0.3) is 0 Å². The number of rotatable bonds is 5. The predicted molar refractivity (Wildman–Crippen MR) is 75.6 cm³/mol. The lowest BCUT2D eigenvalue weighted by atomic mass is 9.78. The molecule has 0 amide bonds. The first kappa shape index (κ1) is 14.3. The summed E-state index contributed by atoms with van der Waals surface area (Å²) in [4.78, 5) is 2.69. The van der Waals surface area contributed by atoms with Crippen molar-refractivity contribution in [3.05, 3.63) is 0 Å². The van der Waals surface area contributed by atoms with Gasteiger partial charge in [-0.1, -0.05) is 13.3 Å². The molecule has 0 spiro atoms. The number of hydrogen-bond donors (Lipinski definition) is 1. The normalized spacial score (nSPS) is 38.2. The molecule has 0 aromatic carbocycles. The van der Waals surface area contributed by atoms with Crippen molar-refractivity contribution in [2.75, 3.05) is 26.7 Å². The second-order valence-electron chi connectivity index (χ2n) is 6.27. The van der Waals surface area contributed by atoms with Crippen LogP contribution in [0.15, 0.2) is 0 Å². The lowest BCUT2D eigenvalue weighted by Gasteiger charge is -2.46. The van der Waals surface area contributed by atoms with Crippen LogP contribution in [0.2, 0.25) is 0 Å². The number of ether oxygens (including phenoxy) is 1. The van der Waals surface area contributed by atoms with Gasteiger partial charge in [-0.05, 0) is 51.0 Å². The van der Waals surface area contributed by atoms with Gasteiger partial charge < -0.3 is 10.5 Å². The first-order valence-corrected chi connectivity index (χ1v) is 7.72. The van der Waals surface area contributed by atoms with Crippen molar-refractivity contribution in [3.8, 4) is 0 Å². The molecule has 0 bridgehead atoms. The summed E-state index contributed by atoms with van der Waals surface area (Å²) in [6, 6.07) is 0. The molecule has 106 valence electrons. The Morgan fingerprint density at radius 1 is 1.39 bits per heavy atom. The van der Waals surface area contributed by atoms with Crippen molar-refractivity contribution < 1.29 is 4.74 Å². The van der Waals surface area contributed by atoms with Gasteiger partial charge in [0, 0.05) is 25.7 Å². The molecule has 1 heterocycles. The zero-order chi connectivity index (χ0) is 13.0. The topological polar surface area (TPSA) is 38.5 Å². The zero-order valence-electron chi connectivity index (χ0n) is 12.2. The molecule has 1 saturated carbocycles. The van der Waals surface area contributed by atoms with Crippen molar-refractivity contribution in [3.63, 3.8) is 0 Å². The molecular weight excluding hydrogens is 224 g/mol. The Balaban J connectivity index is 1.99. The molecule has 2 rings (SSSR count). The summed E-state index contributed by atoms with van der Waals surface area (Å²) < 4.78 is 5.60. The number of methoxy groups -OCH3 is 1. The largest absolute Gasteiger partial charge is 0.381 e. The fourth-order valence-corrected chi connectivity index (χ4v) is 4.00. The van der Waals surface area contributed by atoms with Crippen LogP contribution in [0.3, 0.4) is 0 Å². The van der Waals surface area contributed by atoms with Gasteiger partial charge in [0.2, 0.25) is 0 Å². The van der Waals surface area contributed by atoms with Crippen LogP contribution < -0.4 is 5.73 Å². The summed E-state index contributed by atoms with van der Waals surface area (Å²) in [5.41, 5.74) is 6.39. The van der Waals surface area contributed by atoms with Gasteiger partial charge in [0.15, 0.2) is 0 Å². The van der Waals surface area contributed by atoms with E-state index in [0.29, 0.717) is 6.10 Å². The zero-order valence-corrected chi connectivity index (χ0v) is 12.2. The van der Waals surface area contributed by atoms with E-state index in [1.54, 1.807) is 0 Å². The van der Waals surface area contributed by atoms with Crippen LogP contribution in [0.25, 0.3) is 0 Å². The van der Waals surface area contributed by atoms with E-state index < -0.39 is 0 Å². The average Bonchev–Trinajstić information content (AvgIpc) is 2.88. The SMILES string of the molecule is CCCC1CCN(C2(CN)CCCC(OC)C2)C1. The van der Waals surface area contributed by atoms with E-state index in [1.807, 2.05) is 7.11 Å². The third kappa shape index (κ3) is 2.89. The highest BCUT2D eigenvalue weighted by Gasteiger charge is 2.42. The minimum atomic E-state index is 0.238. The average molecular weight is 254 g/mol. The third-order valence-electron chi connectivity index (χ3n) is 5.14. The first-order chi connectivity index (χ1) is 8.74. The van der Waals surface area contributed by atoms with Crippen LogP contribution in [0.1, 0.15) is 51.9 Å². The molecule has 3 atom stereocenters. The number of nitrogens with two attached hydrogens (primary N) is 1. The molecule has 3 heteroatoms. The summed E-state index contributed by atoms with van der Waals surface area (Å²) in [7, 11) is 1.85. The molecule has 1 aliphatic carbocycles. The summed E-state index contributed by atoms with van der Waals surface area (Å²) in [5, 5.41) is 0. The van der Waals surface area contributed by atoms with Gasteiger partial charge in [-0.2, -0.15) is 0 Å². The lowest BCUT2D eigenvalue weighted by molar-refractivity contribution is -0.0143. The highest BCUT2D eigenvalue weighted by Crippen LogP contribution is 2.38. The highest BCUT2D eigenvalue weighted by atomic mass is 16.5. The minimum Gasteiger partial charge on any atom is -0.381 e. The second-order valence-corrected chi connectivity index (χ2v) is 6.27. The number of nitrogens with zero attached hydrogens (tertiary/aromatic N) is 1. The molecule has 1 aliphatic heterocycles. The van der Waals surface area contributed by atoms with Gasteiger partial charge in [-0.15, -0.1) is 0 Å². The summed E-state index contributed by atoms with van der Waals surface area (Å²) >= 11 is 0. The van der Waals surface area contributed by atoms with Crippen molar-refractivity contribution in [1.29, 1.82) is 0 Å². The molecule has 3 nitrogen and oxygen atoms in total. The van der Waals surface area contributed by atoms with Gasteiger partial charge in [0.05, 0.1) is 6.10 Å². The smallest absolute Gasteiger partial charge is 0.0589 e. The Labute approximate surface area is 112 Å². The fraction of sp³-hybridized carbons (Fsp3) is 1.00. The molecule has 2 aliphatic rings. The van der Waals surface area contributed by atoms with E-state index in [1.165, 1.54) is 51.6 Å². The third-order valence-corrected chi connectivity index (χ3v) is 5.14. The fourth-order valence-electron chi connectivity index (χ4n) is 4.00. The Hall–Kier alpha value is -0.120. The van der Waals surface area contributed by atoms with Gasteiger partial charge in [-0.25, -0.2) is 0 Å². The van der Waals surface area contributed by atoms with E-state index in [4.69, 9.17) is 10.5 Å². The Bertz CT molecular complexity index is 259. The van der Waals surface area contributed by atoms with Crippen LogP contribution in [-0.2, 0) is 4.74 Å². The van der Waals surface area contributed by atoms with Crippen molar-refractivity contribution >= 4 is 0 Å². The van der Waals surface area contributed by atoms with Crippen LogP contribution in [-0.4, -0.2) is 43.3 Å². The summed E-state index contributed by atoms with van der Waals surface area (Å²) in [6.07, 6.45) is 9.37. The quantitative estimate of drug-likeness (QED) is 0.819. The van der Waals surface area contributed by atoms with Crippen molar-refractivity contribution in [1.82, 2.24) is 4.90 Å². The van der Waals surface area contributed by atoms with E-state index in [2.05, 4.69) is 11.8 Å². The standard InChI is InChI=1S/C15H30N2O/c1-3-5-13-7-9-17(11-13)15(12-16)8-4-6-14(10-15)18-2/h13-14H,3-12,16H2,1-2H3. The monoisotopic (exact) mass is 254 g/mol.